The van der Waals surface area contributed by atoms with Gasteiger partial charge in [-0.3, -0.25) is 4.79 Å². The van der Waals surface area contributed by atoms with Gasteiger partial charge in [-0.1, -0.05) is 18.2 Å². The van der Waals surface area contributed by atoms with Gasteiger partial charge in [0.2, 0.25) is 12.4 Å². The van der Waals surface area contributed by atoms with E-state index in [9.17, 15) is 4.79 Å². The minimum Gasteiger partial charge on any atom is -0.353 e. The standard InChI is InChI=1S/C17H21N5O/c1-2-22(15-6-4-3-5-7-15)17-18-9-8-16(19-17)21-12-10-20(14-23)11-13-21/h3-9,14H,2,10-13H2,1H3. The van der Waals surface area contributed by atoms with Gasteiger partial charge in [0.15, 0.2) is 0 Å². The second kappa shape index (κ2) is 7.09. The number of anilines is 3. The molecule has 1 saturated heterocycles. The van der Waals surface area contributed by atoms with E-state index in [2.05, 4.69) is 33.8 Å². The number of carbonyl (C=O) groups is 1. The fourth-order valence-electron chi connectivity index (χ4n) is 2.75. The molecule has 1 aromatic carbocycles. The van der Waals surface area contributed by atoms with Gasteiger partial charge in [0.1, 0.15) is 5.82 Å². The third kappa shape index (κ3) is 3.41. The van der Waals surface area contributed by atoms with E-state index in [1.807, 2.05) is 24.3 Å². The summed E-state index contributed by atoms with van der Waals surface area (Å²) in [7, 11) is 0. The van der Waals surface area contributed by atoms with Crippen LogP contribution in [0.2, 0.25) is 0 Å². The number of benzene rings is 1. The monoisotopic (exact) mass is 311 g/mol. The van der Waals surface area contributed by atoms with E-state index in [0.29, 0.717) is 5.95 Å². The summed E-state index contributed by atoms with van der Waals surface area (Å²) in [5.41, 5.74) is 1.08. The van der Waals surface area contributed by atoms with Crippen LogP contribution in [0.3, 0.4) is 0 Å². The molecular formula is C17H21N5O. The summed E-state index contributed by atoms with van der Waals surface area (Å²) >= 11 is 0. The molecular weight excluding hydrogens is 290 g/mol. The third-order valence-corrected chi connectivity index (χ3v) is 4.04. The number of amides is 1. The first-order valence-electron chi connectivity index (χ1n) is 7.91. The molecule has 1 fully saturated rings. The molecule has 1 aliphatic rings. The SMILES string of the molecule is CCN(c1ccccc1)c1nccc(N2CCN(C=O)CC2)n1. The maximum atomic E-state index is 10.8. The Morgan fingerprint density at radius 3 is 2.52 bits per heavy atom. The first-order valence-corrected chi connectivity index (χ1v) is 7.91. The molecule has 120 valence electrons. The second-order valence-electron chi connectivity index (χ2n) is 5.42. The highest BCUT2D eigenvalue weighted by atomic mass is 16.1. The molecule has 0 saturated carbocycles. The average Bonchev–Trinajstić information content (AvgIpc) is 2.64. The van der Waals surface area contributed by atoms with Crippen molar-refractivity contribution in [3.63, 3.8) is 0 Å². The summed E-state index contributed by atoms with van der Waals surface area (Å²) in [4.78, 5) is 26.1. The highest BCUT2D eigenvalue weighted by molar-refractivity contribution is 5.58. The summed E-state index contributed by atoms with van der Waals surface area (Å²) < 4.78 is 0. The Morgan fingerprint density at radius 1 is 1.13 bits per heavy atom. The van der Waals surface area contributed by atoms with E-state index in [1.165, 1.54) is 0 Å². The Morgan fingerprint density at radius 2 is 1.87 bits per heavy atom. The van der Waals surface area contributed by atoms with Gasteiger partial charge in [-0.05, 0) is 25.1 Å². The second-order valence-corrected chi connectivity index (χ2v) is 5.42. The Bertz CT molecular complexity index is 640. The number of rotatable bonds is 5. The number of para-hydroxylation sites is 1. The predicted molar refractivity (Wildman–Crippen MR) is 91.0 cm³/mol. The van der Waals surface area contributed by atoms with Crippen LogP contribution in [0.25, 0.3) is 0 Å². The summed E-state index contributed by atoms with van der Waals surface area (Å²) in [6.45, 7) is 5.95. The third-order valence-electron chi connectivity index (χ3n) is 4.04. The summed E-state index contributed by atoms with van der Waals surface area (Å²) in [5, 5.41) is 0. The van der Waals surface area contributed by atoms with Gasteiger partial charge in [-0.25, -0.2) is 4.98 Å². The average molecular weight is 311 g/mol. The number of hydrogen-bond donors (Lipinski definition) is 0. The van der Waals surface area contributed by atoms with Crippen molar-refractivity contribution < 1.29 is 4.79 Å². The van der Waals surface area contributed by atoms with E-state index in [1.54, 1.807) is 11.1 Å². The van der Waals surface area contributed by atoms with E-state index >= 15 is 0 Å². The van der Waals surface area contributed by atoms with E-state index in [-0.39, 0.29) is 0 Å². The first-order chi connectivity index (χ1) is 11.3. The fraction of sp³-hybridized carbons (Fsp3) is 0.353. The van der Waals surface area contributed by atoms with Crippen LogP contribution in [-0.2, 0) is 4.79 Å². The van der Waals surface area contributed by atoms with Gasteiger partial charge in [-0.15, -0.1) is 0 Å². The molecule has 2 heterocycles. The van der Waals surface area contributed by atoms with Gasteiger partial charge in [-0.2, -0.15) is 4.98 Å². The van der Waals surface area contributed by atoms with E-state index in [0.717, 1.165) is 50.6 Å². The zero-order chi connectivity index (χ0) is 16.1. The Labute approximate surface area is 136 Å². The predicted octanol–water partition coefficient (Wildman–Crippen LogP) is 1.91. The fourth-order valence-corrected chi connectivity index (χ4v) is 2.75. The Balaban J connectivity index is 1.80. The van der Waals surface area contributed by atoms with Gasteiger partial charge in [0, 0.05) is 44.6 Å². The van der Waals surface area contributed by atoms with Crippen LogP contribution < -0.4 is 9.80 Å². The number of hydrogen-bond acceptors (Lipinski definition) is 5. The Kier molecular flexibility index (Phi) is 4.71. The molecule has 6 heteroatoms. The van der Waals surface area contributed by atoms with Gasteiger partial charge in [0.25, 0.3) is 0 Å². The van der Waals surface area contributed by atoms with Crippen LogP contribution in [0.4, 0.5) is 17.5 Å². The quantitative estimate of drug-likeness (QED) is 0.790. The van der Waals surface area contributed by atoms with Gasteiger partial charge in [0.05, 0.1) is 0 Å². The lowest BCUT2D eigenvalue weighted by Crippen LogP contribution is -2.46. The van der Waals surface area contributed by atoms with Crippen molar-refractivity contribution >= 4 is 23.9 Å². The highest BCUT2D eigenvalue weighted by Crippen LogP contribution is 2.23. The molecule has 0 bridgehead atoms. The molecule has 0 aliphatic carbocycles. The van der Waals surface area contributed by atoms with Crippen LogP contribution in [0.1, 0.15) is 6.92 Å². The molecule has 2 aromatic rings. The molecule has 0 spiro atoms. The van der Waals surface area contributed by atoms with Crippen LogP contribution in [0.15, 0.2) is 42.6 Å². The molecule has 6 nitrogen and oxygen atoms in total. The van der Waals surface area contributed by atoms with Gasteiger partial charge >= 0.3 is 0 Å². The van der Waals surface area contributed by atoms with Crippen LogP contribution in [-0.4, -0.2) is 54.0 Å². The molecule has 23 heavy (non-hydrogen) atoms. The summed E-state index contributed by atoms with van der Waals surface area (Å²) in [6, 6.07) is 12.1. The maximum Gasteiger partial charge on any atom is 0.231 e. The van der Waals surface area contributed by atoms with Crippen molar-refractivity contribution in [2.75, 3.05) is 42.5 Å². The molecule has 0 atom stereocenters. The van der Waals surface area contributed by atoms with Crippen molar-refractivity contribution in [2.24, 2.45) is 0 Å². The van der Waals surface area contributed by atoms with Crippen molar-refractivity contribution in [1.29, 1.82) is 0 Å². The number of carbonyl (C=O) groups excluding carboxylic acids is 1. The van der Waals surface area contributed by atoms with E-state index < -0.39 is 0 Å². The zero-order valence-corrected chi connectivity index (χ0v) is 13.3. The molecule has 3 rings (SSSR count). The smallest absolute Gasteiger partial charge is 0.231 e. The van der Waals surface area contributed by atoms with Crippen LogP contribution >= 0.6 is 0 Å². The molecule has 1 aliphatic heterocycles. The lowest BCUT2D eigenvalue weighted by molar-refractivity contribution is -0.118. The van der Waals surface area contributed by atoms with Crippen LogP contribution in [0, 0.1) is 0 Å². The number of piperazine rings is 1. The summed E-state index contributed by atoms with van der Waals surface area (Å²) in [6.07, 6.45) is 2.71. The minimum atomic E-state index is 0.703. The lowest BCUT2D eigenvalue weighted by Gasteiger charge is -2.33. The molecule has 0 unspecified atom stereocenters. The Hall–Kier alpha value is -2.63. The lowest BCUT2D eigenvalue weighted by atomic mass is 10.3. The number of aromatic nitrogens is 2. The topological polar surface area (TPSA) is 52.6 Å². The molecule has 0 radical (unpaired) electrons. The highest BCUT2D eigenvalue weighted by Gasteiger charge is 2.18. The largest absolute Gasteiger partial charge is 0.353 e. The molecule has 1 amide bonds. The first kappa shape index (κ1) is 15.3. The van der Waals surface area contributed by atoms with Crippen molar-refractivity contribution in [3.05, 3.63) is 42.6 Å². The normalized spacial score (nSPS) is 14.7. The van der Waals surface area contributed by atoms with Crippen molar-refractivity contribution in [3.8, 4) is 0 Å². The van der Waals surface area contributed by atoms with E-state index in [4.69, 9.17) is 4.98 Å². The zero-order valence-electron chi connectivity index (χ0n) is 13.3. The molecule has 0 N–H and O–H groups in total. The maximum absolute atomic E-state index is 10.8. The number of nitrogens with zero attached hydrogens (tertiary/aromatic N) is 5. The van der Waals surface area contributed by atoms with Crippen molar-refractivity contribution in [1.82, 2.24) is 14.9 Å². The van der Waals surface area contributed by atoms with Gasteiger partial charge < -0.3 is 14.7 Å². The van der Waals surface area contributed by atoms with Crippen molar-refractivity contribution in [2.45, 2.75) is 6.92 Å². The van der Waals surface area contributed by atoms with Crippen LogP contribution in [0.5, 0.6) is 0 Å². The summed E-state index contributed by atoms with van der Waals surface area (Å²) in [5.74, 6) is 1.61. The minimum absolute atomic E-state index is 0.703. The molecule has 1 aromatic heterocycles.